The van der Waals surface area contributed by atoms with Gasteiger partial charge in [0.1, 0.15) is 11.8 Å². The smallest absolute Gasteiger partial charge is 0.339 e. The van der Waals surface area contributed by atoms with Gasteiger partial charge in [-0.2, -0.15) is 5.06 Å². The molecular formula is C15H12Cl2N2O4. The topological polar surface area (TPSA) is 88.9 Å². The van der Waals surface area contributed by atoms with Crippen LogP contribution in [-0.4, -0.2) is 22.3 Å². The minimum atomic E-state index is -0.993. The Morgan fingerprint density at radius 2 is 2.13 bits per heavy atom. The van der Waals surface area contributed by atoms with Crippen molar-refractivity contribution in [2.24, 2.45) is 5.73 Å². The monoisotopic (exact) mass is 354 g/mol. The average molecular weight is 355 g/mol. The normalized spacial score (nSPS) is 11.3. The van der Waals surface area contributed by atoms with Crippen molar-refractivity contribution < 1.29 is 19.2 Å². The van der Waals surface area contributed by atoms with Crippen LogP contribution in [0.4, 0.5) is 4.79 Å². The third-order valence-electron chi connectivity index (χ3n) is 2.68. The maximum absolute atomic E-state index is 10.8. The number of nitrogens with zero attached hydrogens (tertiary/aromatic N) is 1. The molecule has 2 rings (SSSR count). The highest BCUT2D eigenvalue weighted by Crippen LogP contribution is 2.32. The maximum Gasteiger partial charge on any atom is 0.339 e. The van der Waals surface area contributed by atoms with Crippen molar-refractivity contribution in [3.63, 3.8) is 0 Å². The number of primary amides is 1. The fraction of sp³-hybridized carbons (Fsp3) is 0.133. The molecule has 1 unspecified atom stereocenters. The molecular weight excluding hydrogens is 343 g/mol. The van der Waals surface area contributed by atoms with Gasteiger partial charge in [0, 0.05) is 11.1 Å². The van der Waals surface area contributed by atoms with Crippen LogP contribution in [0.5, 0.6) is 11.7 Å². The number of hydrogen-bond donors (Lipinski definition) is 2. The Balaban J connectivity index is 2.08. The van der Waals surface area contributed by atoms with E-state index in [1.165, 1.54) is 6.92 Å². The molecule has 0 saturated heterocycles. The van der Waals surface area contributed by atoms with E-state index in [9.17, 15) is 10.0 Å². The Kier molecular flexibility index (Phi) is 5.40. The zero-order valence-electron chi connectivity index (χ0n) is 11.9. The van der Waals surface area contributed by atoms with E-state index < -0.39 is 12.1 Å². The lowest BCUT2D eigenvalue weighted by Gasteiger charge is -2.14. The SMILES string of the molecule is CC(C#Cc1ccc(Oc2ccc(Cl)cc2Cl)o1)N(O)C(N)=O. The standard InChI is InChI=1S/C15H12Cl2N2O4/c1-9(19(21)15(18)20)2-4-11-5-7-14(22-11)23-13-6-3-10(16)8-12(13)17/h3,5-9,21H,1H3,(H2,18,20). The minimum absolute atomic E-state index is 0.182. The van der Waals surface area contributed by atoms with Gasteiger partial charge in [-0.05, 0) is 37.1 Å². The number of halogens is 2. The molecule has 2 aromatic rings. The summed E-state index contributed by atoms with van der Waals surface area (Å²) in [5, 5.41) is 10.5. The number of nitrogens with two attached hydrogens (primary N) is 1. The fourth-order valence-corrected chi connectivity index (χ4v) is 1.98. The van der Waals surface area contributed by atoms with E-state index in [-0.39, 0.29) is 11.7 Å². The third kappa shape index (κ3) is 4.57. The van der Waals surface area contributed by atoms with Gasteiger partial charge in [-0.15, -0.1) is 0 Å². The molecule has 0 spiro atoms. The van der Waals surface area contributed by atoms with Crippen molar-refractivity contribution in [2.45, 2.75) is 13.0 Å². The van der Waals surface area contributed by atoms with Gasteiger partial charge in [0.15, 0.2) is 5.76 Å². The van der Waals surface area contributed by atoms with Crippen LogP contribution in [0.25, 0.3) is 0 Å². The Morgan fingerprint density at radius 3 is 2.78 bits per heavy atom. The highest BCUT2D eigenvalue weighted by molar-refractivity contribution is 6.35. The average Bonchev–Trinajstić information content (AvgIpc) is 2.94. The van der Waals surface area contributed by atoms with Gasteiger partial charge in [-0.1, -0.05) is 29.1 Å². The lowest BCUT2D eigenvalue weighted by molar-refractivity contribution is -0.0536. The van der Waals surface area contributed by atoms with Crippen LogP contribution >= 0.6 is 23.2 Å². The van der Waals surface area contributed by atoms with Gasteiger partial charge in [0.25, 0.3) is 5.95 Å². The number of furan rings is 1. The van der Waals surface area contributed by atoms with Crippen molar-refractivity contribution in [3.8, 4) is 23.5 Å². The number of carbonyl (C=O) groups is 1. The predicted octanol–water partition coefficient (Wildman–Crippen LogP) is 3.89. The number of rotatable bonds is 3. The van der Waals surface area contributed by atoms with Gasteiger partial charge >= 0.3 is 6.03 Å². The second-order valence-electron chi connectivity index (χ2n) is 4.42. The second-order valence-corrected chi connectivity index (χ2v) is 5.27. The number of hydroxylamine groups is 2. The van der Waals surface area contributed by atoms with Crippen molar-refractivity contribution in [1.29, 1.82) is 0 Å². The Hall–Kier alpha value is -2.33. The summed E-state index contributed by atoms with van der Waals surface area (Å²) >= 11 is 11.8. The molecule has 0 fully saturated rings. The van der Waals surface area contributed by atoms with Gasteiger partial charge < -0.3 is 14.9 Å². The first-order chi connectivity index (χ1) is 10.9. The van der Waals surface area contributed by atoms with Gasteiger partial charge in [-0.25, -0.2) is 4.79 Å². The van der Waals surface area contributed by atoms with E-state index >= 15 is 0 Å². The van der Waals surface area contributed by atoms with Crippen LogP contribution in [-0.2, 0) is 0 Å². The number of hydrogen-bond acceptors (Lipinski definition) is 4. The second kappa shape index (κ2) is 7.29. The third-order valence-corrected chi connectivity index (χ3v) is 3.21. The van der Waals surface area contributed by atoms with Crippen LogP contribution in [0.15, 0.2) is 34.7 Å². The zero-order valence-corrected chi connectivity index (χ0v) is 13.4. The van der Waals surface area contributed by atoms with E-state index in [0.29, 0.717) is 20.9 Å². The number of urea groups is 1. The molecule has 6 nitrogen and oxygen atoms in total. The van der Waals surface area contributed by atoms with Crippen molar-refractivity contribution in [3.05, 3.63) is 46.1 Å². The molecule has 1 heterocycles. The Labute approximate surface area is 142 Å². The highest BCUT2D eigenvalue weighted by atomic mass is 35.5. The van der Waals surface area contributed by atoms with Gasteiger partial charge in [-0.3, -0.25) is 5.21 Å². The van der Waals surface area contributed by atoms with Crippen molar-refractivity contribution >= 4 is 29.2 Å². The summed E-state index contributed by atoms with van der Waals surface area (Å²) in [5.74, 6) is 6.11. The largest absolute Gasteiger partial charge is 0.424 e. The summed E-state index contributed by atoms with van der Waals surface area (Å²) in [6, 6.07) is 6.14. The first-order valence-corrected chi connectivity index (χ1v) is 7.14. The zero-order chi connectivity index (χ0) is 17.0. The highest BCUT2D eigenvalue weighted by Gasteiger charge is 2.12. The first kappa shape index (κ1) is 17.0. The Morgan fingerprint density at radius 1 is 1.39 bits per heavy atom. The lowest BCUT2D eigenvalue weighted by atomic mass is 10.3. The van der Waals surface area contributed by atoms with Crippen LogP contribution in [0.2, 0.25) is 10.0 Å². The molecule has 1 aromatic heterocycles. The first-order valence-electron chi connectivity index (χ1n) is 6.38. The lowest BCUT2D eigenvalue weighted by Crippen LogP contribution is -2.38. The molecule has 0 aliphatic carbocycles. The van der Waals surface area contributed by atoms with Crippen LogP contribution in [0.1, 0.15) is 12.7 Å². The minimum Gasteiger partial charge on any atom is -0.424 e. The maximum atomic E-state index is 10.8. The van der Waals surface area contributed by atoms with Gasteiger partial charge in [0.2, 0.25) is 0 Å². The van der Waals surface area contributed by atoms with E-state index in [2.05, 4.69) is 11.8 Å². The molecule has 120 valence electrons. The fourth-order valence-electron chi connectivity index (χ4n) is 1.54. The molecule has 3 N–H and O–H groups in total. The molecule has 23 heavy (non-hydrogen) atoms. The molecule has 8 heteroatoms. The van der Waals surface area contributed by atoms with E-state index in [1.807, 2.05) is 0 Å². The number of carbonyl (C=O) groups excluding carboxylic acids is 1. The molecule has 0 aliphatic rings. The summed E-state index contributed by atoms with van der Waals surface area (Å²) in [7, 11) is 0. The van der Waals surface area contributed by atoms with E-state index in [0.717, 1.165) is 0 Å². The summed E-state index contributed by atoms with van der Waals surface area (Å²) in [6.07, 6.45) is 0. The van der Waals surface area contributed by atoms with E-state index in [1.54, 1.807) is 30.3 Å². The number of amides is 2. The molecule has 0 aliphatic heterocycles. The number of benzene rings is 1. The number of ether oxygens (including phenoxy) is 1. The van der Waals surface area contributed by atoms with Crippen LogP contribution in [0.3, 0.4) is 0 Å². The summed E-state index contributed by atoms with van der Waals surface area (Å²) in [5.41, 5.74) is 4.92. The molecule has 1 atom stereocenters. The van der Waals surface area contributed by atoms with E-state index in [4.69, 9.17) is 38.1 Å². The van der Waals surface area contributed by atoms with Crippen LogP contribution in [0, 0.1) is 11.8 Å². The summed E-state index contributed by atoms with van der Waals surface area (Å²) in [4.78, 5) is 10.8. The summed E-state index contributed by atoms with van der Waals surface area (Å²) < 4.78 is 10.8. The molecule has 0 radical (unpaired) electrons. The molecule has 1 aromatic carbocycles. The molecule has 0 saturated carbocycles. The van der Waals surface area contributed by atoms with Crippen molar-refractivity contribution in [2.75, 3.05) is 0 Å². The summed E-state index contributed by atoms with van der Waals surface area (Å²) in [6.45, 7) is 1.51. The molecule has 0 bridgehead atoms. The predicted molar refractivity (Wildman–Crippen MR) is 84.8 cm³/mol. The Bertz CT molecular complexity index is 779. The van der Waals surface area contributed by atoms with Crippen LogP contribution < -0.4 is 10.5 Å². The van der Waals surface area contributed by atoms with Crippen molar-refractivity contribution in [1.82, 2.24) is 5.06 Å². The van der Waals surface area contributed by atoms with Gasteiger partial charge in [0.05, 0.1) is 5.02 Å². The quantitative estimate of drug-likeness (QED) is 0.497. The molecule has 2 amide bonds.